The highest BCUT2D eigenvalue weighted by molar-refractivity contribution is 6.18. The van der Waals surface area contributed by atoms with Crippen LogP contribution in [0.2, 0.25) is 0 Å². The van der Waals surface area contributed by atoms with Crippen molar-refractivity contribution in [3.63, 3.8) is 0 Å². The van der Waals surface area contributed by atoms with Crippen LogP contribution in [-0.2, 0) is 0 Å². The quantitative estimate of drug-likeness (QED) is 0.746. The summed E-state index contributed by atoms with van der Waals surface area (Å²) in [4.78, 5) is 13.9. The standard InChI is InChI=1S/C11H15ClN2O2/c1-7-3-4-14(9(7)6-12)11(15)10-5-8(2)13-16-10/h5,7,9H,3-4,6H2,1-2H3. The molecule has 2 unspecified atom stereocenters. The fourth-order valence-electron chi connectivity index (χ4n) is 2.10. The molecule has 1 aliphatic heterocycles. The Kier molecular flexibility index (Phi) is 3.19. The first-order valence-electron chi connectivity index (χ1n) is 5.43. The van der Waals surface area contributed by atoms with Gasteiger partial charge < -0.3 is 9.42 Å². The monoisotopic (exact) mass is 242 g/mol. The Hall–Kier alpha value is -1.03. The Balaban J connectivity index is 2.16. The lowest BCUT2D eigenvalue weighted by atomic mass is 10.1. The molecule has 88 valence electrons. The Morgan fingerprint density at radius 3 is 3.06 bits per heavy atom. The smallest absolute Gasteiger partial charge is 0.292 e. The number of halogens is 1. The summed E-state index contributed by atoms with van der Waals surface area (Å²) < 4.78 is 4.98. The minimum absolute atomic E-state index is 0.101. The SMILES string of the molecule is Cc1cc(C(=O)N2CCC(C)C2CCl)on1. The molecule has 2 heterocycles. The maximum Gasteiger partial charge on any atom is 0.292 e. The average Bonchev–Trinajstić information content (AvgIpc) is 2.83. The lowest BCUT2D eigenvalue weighted by Crippen LogP contribution is -2.38. The number of aryl methyl sites for hydroxylation is 1. The van der Waals surface area contributed by atoms with Gasteiger partial charge in [-0.15, -0.1) is 11.6 Å². The van der Waals surface area contributed by atoms with E-state index in [1.54, 1.807) is 17.9 Å². The minimum atomic E-state index is -0.101. The van der Waals surface area contributed by atoms with E-state index >= 15 is 0 Å². The van der Waals surface area contributed by atoms with E-state index in [0.29, 0.717) is 17.6 Å². The molecule has 5 heteroatoms. The first-order valence-corrected chi connectivity index (χ1v) is 5.97. The highest BCUT2D eigenvalue weighted by atomic mass is 35.5. The summed E-state index contributed by atoms with van der Waals surface area (Å²) in [6, 6.07) is 1.77. The molecule has 2 rings (SSSR count). The first kappa shape index (κ1) is 11.5. The van der Waals surface area contributed by atoms with E-state index in [0.717, 1.165) is 18.7 Å². The molecule has 1 fully saturated rings. The van der Waals surface area contributed by atoms with Gasteiger partial charge in [-0.3, -0.25) is 4.79 Å². The number of likely N-dealkylation sites (tertiary alicyclic amines) is 1. The van der Waals surface area contributed by atoms with Crippen molar-refractivity contribution in [2.24, 2.45) is 5.92 Å². The molecule has 0 N–H and O–H groups in total. The van der Waals surface area contributed by atoms with Crippen molar-refractivity contribution in [2.45, 2.75) is 26.3 Å². The van der Waals surface area contributed by atoms with E-state index in [1.807, 2.05) is 0 Å². The molecule has 0 spiro atoms. The van der Waals surface area contributed by atoms with E-state index in [1.165, 1.54) is 0 Å². The number of amides is 1. The molecular weight excluding hydrogens is 228 g/mol. The van der Waals surface area contributed by atoms with Gasteiger partial charge in [0.25, 0.3) is 5.91 Å². The van der Waals surface area contributed by atoms with Gasteiger partial charge in [-0.25, -0.2) is 0 Å². The Morgan fingerprint density at radius 2 is 2.50 bits per heavy atom. The van der Waals surface area contributed by atoms with Crippen molar-refractivity contribution in [3.05, 3.63) is 17.5 Å². The van der Waals surface area contributed by atoms with Crippen LogP contribution in [0.3, 0.4) is 0 Å². The molecule has 0 bridgehead atoms. The van der Waals surface area contributed by atoms with Crippen molar-refractivity contribution in [3.8, 4) is 0 Å². The fraction of sp³-hybridized carbons (Fsp3) is 0.636. The van der Waals surface area contributed by atoms with Crippen LogP contribution in [-0.4, -0.2) is 34.4 Å². The predicted octanol–water partition coefficient (Wildman–Crippen LogP) is 2.07. The van der Waals surface area contributed by atoms with Crippen LogP contribution in [0, 0.1) is 12.8 Å². The Bertz CT molecular complexity index is 391. The van der Waals surface area contributed by atoms with Crippen molar-refractivity contribution in [1.29, 1.82) is 0 Å². The summed E-state index contributed by atoms with van der Waals surface area (Å²) in [5.74, 6) is 1.13. The third-order valence-corrected chi connectivity index (χ3v) is 3.46. The van der Waals surface area contributed by atoms with Gasteiger partial charge in [0.1, 0.15) is 0 Å². The largest absolute Gasteiger partial charge is 0.351 e. The summed E-state index contributed by atoms with van der Waals surface area (Å²) in [6.45, 7) is 4.66. The zero-order chi connectivity index (χ0) is 11.7. The summed E-state index contributed by atoms with van der Waals surface area (Å²) in [5, 5.41) is 3.72. The molecule has 0 aliphatic carbocycles. The number of hydrogen-bond donors (Lipinski definition) is 0. The van der Waals surface area contributed by atoms with E-state index in [9.17, 15) is 4.79 Å². The van der Waals surface area contributed by atoms with Crippen LogP contribution in [0.4, 0.5) is 0 Å². The number of carbonyl (C=O) groups excluding carboxylic acids is 1. The molecule has 4 nitrogen and oxygen atoms in total. The molecule has 1 aromatic heterocycles. The molecule has 0 aromatic carbocycles. The van der Waals surface area contributed by atoms with Crippen LogP contribution in [0.1, 0.15) is 29.6 Å². The topological polar surface area (TPSA) is 46.3 Å². The number of carbonyl (C=O) groups is 1. The Labute approximate surface area is 99.5 Å². The maximum absolute atomic E-state index is 12.1. The van der Waals surface area contributed by atoms with Gasteiger partial charge in [0.2, 0.25) is 5.76 Å². The van der Waals surface area contributed by atoms with E-state index in [4.69, 9.17) is 16.1 Å². The van der Waals surface area contributed by atoms with Gasteiger partial charge in [0, 0.05) is 24.5 Å². The summed E-state index contributed by atoms with van der Waals surface area (Å²) in [7, 11) is 0. The molecule has 0 radical (unpaired) electrons. The lowest BCUT2D eigenvalue weighted by molar-refractivity contribution is 0.0695. The van der Waals surface area contributed by atoms with Crippen LogP contribution >= 0.6 is 11.6 Å². The van der Waals surface area contributed by atoms with Gasteiger partial charge in [0.15, 0.2) is 0 Å². The van der Waals surface area contributed by atoms with E-state index < -0.39 is 0 Å². The summed E-state index contributed by atoms with van der Waals surface area (Å²) in [5.41, 5.74) is 0.720. The number of nitrogens with zero attached hydrogens (tertiary/aromatic N) is 2. The Morgan fingerprint density at radius 1 is 1.75 bits per heavy atom. The lowest BCUT2D eigenvalue weighted by Gasteiger charge is -2.23. The van der Waals surface area contributed by atoms with Gasteiger partial charge in [-0.2, -0.15) is 0 Å². The molecule has 16 heavy (non-hydrogen) atoms. The summed E-state index contributed by atoms with van der Waals surface area (Å²) >= 11 is 5.89. The summed E-state index contributed by atoms with van der Waals surface area (Å²) in [6.07, 6.45) is 0.996. The van der Waals surface area contributed by atoms with Crippen molar-refractivity contribution in [2.75, 3.05) is 12.4 Å². The van der Waals surface area contributed by atoms with Crippen molar-refractivity contribution >= 4 is 17.5 Å². The molecule has 1 aliphatic rings. The predicted molar refractivity (Wildman–Crippen MR) is 60.6 cm³/mol. The molecular formula is C11H15ClN2O2. The second kappa shape index (κ2) is 4.45. The zero-order valence-corrected chi connectivity index (χ0v) is 10.2. The van der Waals surface area contributed by atoms with Crippen molar-refractivity contribution < 1.29 is 9.32 Å². The molecule has 2 atom stereocenters. The van der Waals surface area contributed by atoms with Crippen LogP contribution in [0.15, 0.2) is 10.6 Å². The van der Waals surface area contributed by atoms with Gasteiger partial charge in [0.05, 0.1) is 5.69 Å². The number of hydrogen-bond acceptors (Lipinski definition) is 3. The normalized spacial score (nSPS) is 25.1. The minimum Gasteiger partial charge on any atom is -0.351 e. The third-order valence-electron chi connectivity index (χ3n) is 3.14. The number of rotatable bonds is 2. The third kappa shape index (κ3) is 1.94. The maximum atomic E-state index is 12.1. The molecule has 1 amide bonds. The molecule has 1 aromatic rings. The fourth-order valence-corrected chi connectivity index (χ4v) is 2.57. The van der Waals surface area contributed by atoms with Crippen LogP contribution in [0.25, 0.3) is 0 Å². The molecule has 1 saturated heterocycles. The second-order valence-corrected chi connectivity index (χ2v) is 4.63. The zero-order valence-electron chi connectivity index (χ0n) is 9.44. The number of alkyl halides is 1. The highest BCUT2D eigenvalue weighted by Gasteiger charge is 2.35. The van der Waals surface area contributed by atoms with E-state index in [-0.39, 0.29) is 11.9 Å². The molecule has 0 saturated carbocycles. The number of aromatic nitrogens is 1. The van der Waals surface area contributed by atoms with E-state index in [2.05, 4.69) is 12.1 Å². The van der Waals surface area contributed by atoms with Gasteiger partial charge in [-0.1, -0.05) is 12.1 Å². The van der Waals surface area contributed by atoms with Gasteiger partial charge >= 0.3 is 0 Å². The average molecular weight is 243 g/mol. The first-order chi connectivity index (χ1) is 7.63. The van der Waals surface area contributed by atoms with Gasteiger partial charge in [-0.05, 0) is 19.3 Å². The van der Waals surface area contributed by atoms with Crippen molar-refractivity contribution in [1.82, 2.24) is 10.1 Å². The second-order valence-electron chi connectivity index (χ2n) is 4.32. The van der Waals surface area contributed by atoms with Crippen LogP contribution < -0.4 is 0 Å². The van der Waals surface area contributed by atoms with Crippen LogP contribution in [0.5, 0.6) is 0 Å². The highest BCUT2D eigenvalue weighted by Crippen LogP contribution is 2.26.